The van der Waals surface area contributed by atoms with Crippen molar-refractivity contribution >= 4 is 45.0 Å². The summed E-state index contributed by atoms with van der Waals surface area (Å²) in [5.74, 6) is -0.165. The van der Waals surface area contributed by atoms with Gasteiger partial charge in [-0.2, -0.15) is 0 Å². The van der Waals surface area contributed by atoms with Crippen molar-refractivity contribution in [1.82, 2.24) is 25.2 Å². The van der Waals surface area contributed by atoms with Gasteiger partial charge in [-0.25, -0.2) is 4.68 Å². The molecule has 1 aliphatic heterocycles. The number of alkyl halides is 1. The van der Waals surface area contributed by atoms with Crippen LogP contribution in [-0.4, -0.2) is 36.5 Å². The fraction of sp³-hybridized carbons (Fsp3) is 0.211. The first kappa shape index (κ1) is 17.3. The second-order valence-corrected chi connectivity index (χ2v) is 8.24. The zero-order valence-electron chi connectivity index (χ0n) is 14.9. The van der Waals surface area contributed by atoms with Gasteiger partial charge < -0.3 is 0 Å². The lowest BCUT2D eigenvalue weighted by atomic mass is 9.79. The van der Waals surface area contributed by atoms with Crippen molar-refractivity contribution < 1.29 is 4.79 Å². The molecule has 2 aromatic carbocycles. The van der Waals surface area contributed by atoms with E-state index < -0.39 is 10.9 Å². The second-order valence-electron chi connectivity index (χ2n) is 6.76. The number of aromatic nitrogens is 5. The molecule has 5 rings (SSSR count). The molecule has 140 valence electrons. The molecule has 1 aliphatic rings. The number of para-hydroxylation sites is 1. The molecule has 0 spiro atoms. The second kappa shape index (κ2) is 6.35. The first-order valence-corrected chi connectivity index (χ1v) is 9.98. The summed E-state index contributed by atoms with van der Waals surface area (Å²) >= 11 is 7.78. The van der Waals surface area contributed by atoms with E-state index in [0.717, 1.165) is 21.6 Å². The summed E-state index contributed by atoms with van der Waals surface area (Å²) < 4.78 is 1.78. The van der Waals surface area contributed by atoms with Crippen molar-refractivity contribution in [3.8, 4) is 0 Å². The molecule has 2 aromatic heterocycles. The SMILES string of the molecule is CC1(c2ccccc2)C(Cl)C(=O)N1c1nnc(Cn2nnc3ccccc32)s1. The Morgan fingerprint density at radius 3 is 2.64 bits per heavy atom. The molecule has 0 bridgehead atoms. The number of hydrogen-bond acceptors (Lipinski definition) is 6. The summed E-state index contributed by atoms with van der Waals surface area (Å²) in [7, 11) is 0. The third kappa shape index (κ3) is 2.45. The monoisotopic (exact) mass is 410 g/mol. The van der Waals surface area contributed by atoms with E-state index in [-0.39, 0.29) is 5.91 Å². The third-order valence-electron chi connectivity index (χ3n) is 5.11. The third-order valence-corrected chi connectivity index (χ3v) is 6.61. The highest BCUT2D eigenvalue weighted by molar-refractivity contribution is 7.15. The molecule has 4 aromatic rings. The average Bonchev–Trinajstić information content (AvgIpc) is 3.36. The molecular weight excluding hydrogens is 396 g/mol. The van der Waals surface area contributed by atoms with Crippen LogP contribution in [0.15, 0.2) is 54.6 Å². The van der Waals surface area contributed by atoms with E-state index in [1.807, 2.05) is 61.5 Å². The van der Waals surface area contributed by atoms with Gasteiger partial charge in [0.1, 0.15) is 15.9 Å². The molecule has 2 atom stereocenters. The van der Waals surface area contributed by atoms with E-state index in [2.05, 4.69) is 20.5 Å². The molecular formula is C19H15ClN6OS. The number of anilines is 1. The van der Waals surface area contributed by atoms with E-state index in [9.17, 15) is 4.79 Å². The maximum Gasteiger partial charge on any atom is 0.250 e. The minimum absolute atomic E-state index is 0.165. The van der Waals surface area contributed by atoms with E-state index in [4.69, 9.17) is 11.6 Å². The van der Waals surface area contributed by atoms with Crippen molar-refractivity contribution in [3.05, 3.63) is 65.2 Å². The molecule has 1 saturated heterocycles. The maximum atomic E-state index is 12.6. The van der Waals surface area contributed by atoms with Gasteiger partial charge in [-0.15, -0.1) is 26.9 Å². The predicted octanol–water partition coefficient (Wildman–Crippen LogP) is 3.20. The molecule has 2 unspecified atom stereocenters. The molecule has 7 nitrogen and oxygen atoms in total. The Morgan fingerprint density at radius 1 is 1.07 bits per heavy atom. The van der Waals surface area contributed by atoms with Crippen LogP contribution >= 0.6 is 22.9 Å². The molecule has 0 saturated carbocycles. The highest BCUT2D eigenvalue weighted by Gasteiger charge is 2.59. The normalized spacial score (nSPS) is 21.9. The van der Waals surface area contributed by atoms with Gasteiger partial charge in [0, 0.05) is 0 Å². The largest absolute Gasteiger partial charge is 0.273 e. The number of benzene rings is 2. The summed E-state index contributed by atoms with van der Waals surface area (Å²) in [4.78, 5) is 14.2. The molecule has 28 heavy (non-hydrogen) atoms. The number of carbonyl (C=O) groups is 1. The number of β-lactam (4-membered cyclic amide) rings is 1. The fourth-order valence-electron chi connectivity index (χ4n) is 3.54. The highest BCUT2D eigenvalue weighted by atomic mass is 35.5. The van der Waals surface area contributed by atoms with Crippen LogP contribution in [0, 0.1) is 0 Å². The number of fused-ring (bicyclic) bond motifs is 1. The minimum Gasteiger partial charge on any atom is -0.273 e. The van der Waals surface area contributed by atoms with Crippen LogP contribution in [-0.2, 0) is 16.9 Å². The van der Waals surface area contributed by atoms with Crippen LogP contribution < -0.4 is 4.90 Å². The van der Waals surface area contributed by atoms with Crippen molar-refractivity contribution in [2.75, 3.05) is 4.90 Å². The van der Waals surface area contributed by atoms with Crippen molar-refractivity contribution in [1.29, 1.82) is 0 Å². The van der Waals surface area contributed by atoms with Crippen molar-refractivity contribution in [3.63, 3.8) is 0 Å². The Kier molecular flexibility index (Phi) is 3.92. The maximum absolute atomic E-state index is 12.6. The smallest absolute Gasteiger partial charge is 0.250 e. The number of halogens is 1. The van der Waals surface area contributed by atoms with Crippen molar-refractivity contribution in [2.45, 2.75) is 24.4 Å². The molecule has 0 radical (unpaired) electrons. The Labute approximate surface area is 169 Å². The topological polar surface area (TPSA) is 76.8 Å². The van der Waals surface area contributed by atoms with E-state index in [1.54, 1.807) is 9.58 Å². The van der Waals surface area contributed by atoms with Gasteiger partial charge in [0.25, 0.3) is 5.91 Å². The van der Waals surface area contributed by atoms with Gasteiger partial charge in [-0.1, -0.05) is 59.0 Å². The average molecular weight is 411 g/mol. The highest BCUT2D eigenvalue weighted by Crippen LogP contribution is 2.48. The zero-order chi connectivity index (χ0) is 19.3. The van der Waals surface area contributed by atoms with Crippen LogP contribution in [0.5, 0.6) is 0 Å². The zero-order valence-corrected chi connectivity index (χ0v) is 16.4. The summed E-state index contributed by atoms with van der Waals surface area (Å²) in [5.41, 5.74) is 2.06. The fourth-order valence-corrected chi connectivity index (χ4v) is 4.79. The van der Waals surface area contributed by atoms with E-state index in [0.29, 0.717) is 11.7 Å². The lowest BCUT2D eigenvalue weighted by Gasteiger charge is -2.51. The number of carbonyl (C=O) groups excluding carboxylic acids is 1. The Balaban J connectivity index is 1.46. The number of nitrogens with zero attached hydrogens (tertiary/aromatic N) is 6. The number of rotatable bonds is 4. The molecule has 0 N–H and O–H groups in total. The van der Waals surface area contributed by atoms with Gasteiger partial charge in [-0.05, 0) is 24.6 Å². The van der Waals surface area contributed by atoms with Gasteiger partial charge >= 0.3 is 0 Å². The minimum atomic E-state index is -0.656. The van der Waals surface area contributed by atoms with Crippen LogP contribution in [0.4, 0.5) is 5.13 Å². The lowest BCUT2D eigenvalue weighted by molar-refractivity contribution is -0.126. The van der Waals surface area contributed by atoms with Crippen molar-refractivity contribution in [2.24, 2.45) is 0 Å². The van der Waals surface area contributed by atoms with Crippen LogP contribution in [0.25, 0.3) is 11.0 Å². The summed E-state index contributed by atoms with van der Waals surface area (Å²) in [6, 6.07) is 17.5. The molecule has 3 heterocycles. The number of hydrogen-bond donors (Lipinski definition) is 0. The van der Waals surface area contributed by atoms with Gasteiger partial charge in [0.15, 0.2) is 0 Å². The Morgan fingerprint density at radius 2 is 1.82 bits per heavy atom. The summed E-state index contributed by atoms with van der Waals surface area (Å²) in [6.07, 6.45) is 0. The summed E-state index contributed by atoms with van der Waals surface area (Å²) in [6.45, 7) is 2.39. The summed E-state index contributed by atoms with van der Waals surface area (Å²) in [5, 5.41) is 17.5. The first-order valence-electron chi connectivity index (χ1n) is 8.73. The first-order chi connectivity index (χ1) is 13.6. The van der Waals surface area contributed by atoms with Gasteiger partial charge in [0.05, 0.1) is 17.6 Å². The molecule has 1 amide bonds. The lowest BCUT2D eigenvalue weighted by Crippen LogP contribution is -2.69. The quantitative estimate of drug-likeness (QED) is 0.381. The molecule has 1 fully saturated rings. The molecule has 9 heteroatoms. The standard InChI is InChI=1S/C19H15ClN6OS/c1-19(12-7-3-2-4-8-12)16(20)17(27)26(19)18-23-22-15(28-18)11-25-14-10-6-5-9-13(14)21-24-25/h2-10,16H,11H2,1H3. The van der Waals surface area contributed by atoms with Crippen LogP contribution in [0.2, 0.25) is 0 Å². The predicted molar refractivity (Wildman–Crippen MR) is 107 cm³/mol. The van der Waals surface area contributed by atoms with Gasteiger partial charge in [0.2, 0.25) is 5.13 Å². The van der Waals surface area contributed by atoms with E-state index in [1.165, 1.54) is 11.3 Å². The number of amides is 1. The van der Waals surface area contributed by atoms with Crippen LogP contribution in [0.3, 0.4) is 0 Å². The van der Waals surface area contributed by atoms with Crippen LogP contribution in [0.1, 0.15) is 17.5 Å². The Hall–Kier alpha value is -2.84. The molecule has 0 aliphatic carbocycles. The van der Waals surface area contributed by atoms with Gasteiger partial charge in [-0.3, -0.25) is 9.69 Å². The Bertz CT molecular complexity index is 1180. The van der Waals surface area contributed by atoms with E-state index >= 15 is 0 Å².